The third-order valence-electron chi connectivity index (χ3n) is 5.64. The van der Waals surface area contributed by atoms with Gasteiger partial charge in [0.25, 0.3) is 0 Å². The van der Waals surface area contributed by atoms with E-state index in [0.29, 0.717) is 6.54 Å². The fourth-order valence-corrected chi connectivity index (χ4v) is 4.17. The number of carbonyl (C=O) groups is 2. The first-order chi connectivity index (χ1) is 12.3. The Morgan fingerprint density at radius 3 is 2.58 bits per heavy atom. The van der Waals surface area contributed by atoms with Gasteiger partial charge in [-0.25, -0.2) is 0 Å². The molecule has 0 saturated carbocycles. The maximum Gasteiger partial charge on any atom is 0.237 e. The third-order valence-corrected chi connectivity index (χ3v) is 5.64. The van der Waals surface area contributed by atoms with E-state index in [2.05, 4.69) is 61.7 Å². The molecule has 1 fully saturated rings. The highest BCUT2D eigenvalue weighted by molar-refractivity contribution is 6.08. The van der Waals surface area contributed by atoms with Crippen LogP contribution in [0.2, 0.25) is 0 Å². The molecule has 2 amide bonds. The summed E-state index contributed by atoms with van der Waals surface area (Å²) in [6.45, 7) is 6.78. The Morgan fingerprint density at radius 2 is 1.81 bits per heavy atom. The van der Waals surface area contributed by atoms with Crippen molar-refractivity contribution in [3.63, 3.8) is 0 Å². The molecule has 0 spiro atoms. The molecule has 1 aliphatic heterocycles. The van der Waals surface area contributed by atoms with Crippen LogP contribution in [0.25, 0.3) is 11.1 Å². The largest absolute Gasteiger partial charge is 0.355 e. The van der Waals surface area contributed by atoms with Crippen LogP contribution in [-0.4, -0.2) is 18.4 Å². The molecule has 2 aromatic rings. The predicted octanol–water partition coefficient (Wildman–Crippen LogP) is 3.60. The summed E-state index contributed by atoms with van der Waals surface area (Å²) in [5, 5.41) is 5.82. The van der Waals surface area contributed by atoms with Crippen LogP contribution in [0.1, 0.15) is 31.9 Å². The van der Waals surface area contributed by atoms with Gasteiger partial charge in [0, 0.05) is 18.2 Å². The van der Waals surface area contributed by atoms with E-state index in [9.17, 15) is 9.59 Å². The van der Waals surface area contributed by atoms with Crippen molar-refractivity contribution in [1.82, 2.24) is 5.32 Å². The Hall–Kier alpha value is -2.62. The molecule has 2 aliphatic rings. The SMILES string of the molecule is CC(C)(C)[C@H]1CNC(=O)[C@@H]1C(=O)Nc1ccc2c(c1)Cc1ccccc1-2. The van der Waals surface area contributed by atoms with Crippen LogP contribution in [0.15, 0.2) is 42.5 Å². The van der Waals surface area contributed by atoms with Gasteiger partial charge in [0.1, 0.15) is 5.92 Å². The van der Waals surface area contributed by atoms with Crippen molar-refractivity contribution in [3.05, 3.63) is 53.6 Å². The molecule has 2 N–H and O–H groups in total. The van der Waals surface area contributed by atoms with E-state index in [-0.39, 0.29) is 23.1 Å². The third kappa shape index (κ3) is 2.79. The van der Waals surface area contributed by atoms with Crippen molar-refractivity contribution in [2.45, 2.75) is 27.2 Å². The molecule has 26 heavy (non-hydrogen) atoms. The second kappa shape index (κ2) is 5.97. The molecule has 1 aliphatic carbocycles. The van der Waals surface area contributed by atoms with E-state index >= 15 is 0 Å². The monoisotopic (exact) mass is 348 g/mol. The highest BCUT2D eigenvalue weighted by Gasteiger charge is 2.45. The average molecular weight is 348 g/mol. The lowest BCUT2D eigenvalue weighted by molar-refractivity contribution is -0.132. The summed E-state index contributed by atoms with van der Waals surface area (Å²) >= 11 is 0. The number of anilines is 1. The Morgan fingerprint density at radius 1 is 1.08 bits per heavy atom. The first kappa shape index (κ1) is 16.8. The molecule has 4 heteroatoms. The molecule has 2 aromatic carbocycles. The number of nitrogens with one attached hydrogen (secondary N) is 2. The van der Waals surface area contributed by atoms with Crippen molar-refractivity contribution in [2.24, 2.45) is 17.3 Å². The number of hydrogen-bond donors (Lipinski definition) is 2. The van der Waals surface area contributed by atoms with Crippen LogP contribution < -0.4 is 10.6 Å². The van der Waals surface area contributed by atoms with Gasteiger partial charge in [-0.3, -0.25) is 9.59 Å². The molecule has 1 saturated heterocycles. The zero-order chi connectivity index (χ0) is 18.5. The van der Waals surface area contributed by atoms with E-state index < -0.39 is 5.92 Å². The van der Waals surface area contributed by atoms with Crippen LogP contribution in [0, 0.1) is 17.3 Å². The van der Waals surface area contributed by atoms with E-state index in [1.165, 1.54) is 22.3 Å². The molecule has 0 aromatic heterocycles. The summed E-state index contributed by atoms with van der Waals surface area (Å²) in [4.78, 5) is 25.1. The second-order valence-corrected chi connectivity index (χ2v) is 8.39. The molecular formula is C22H24N2O2. The predicted molar refractivity (Wildman–Crippen MR) is 103 cm³/mol. The second-order valence-electron chi connectivity index (χ2n) is 8.39. The first-order valence-corrected chi connectivity index (χ1v) is 9.14. The van der Waals surface area contributed by atoms with Crippen molar-refractivity contribution < 1.29 is 9.59 Å². The highest BCUT2D eigenvalue weighted by atomic mass is 16.2. The summed E-state index contributed by atoms with van der Waals surface area (Å²) < 4.78 is 0. The molecular weight excluding hydrogens is 324 g/mol. The average Bonchev–Trinajstić information content (AvgIpc) is 3.14. The smallest absolute Gasteiger partial charge is 0.237 e. The number of benzene rings is 2. The molecule has 134 valence electrons. The van der Waals surface area contributed by atoms with E-state index in [0.717, 1.165) is 12.1 Å². The van der Waals surface area contributed by atoms with Crippen LogP contribution in [0.4, 0.5) is 5.69 Å². The van der Waals surface area contributed by atoms with Gasteiger partial charge in [-0.2, -0.15) is 0 Å². The number of carbonyl (C=O) groups excluding carboxylic acids is 2. The van der Waals surface area contributed by atoms with Crippen LogP contribution in [0.3, 0.4) is 0 Å². The van der Waals surface area contributed by atoms with Gasteiger partial charge in [0.2, 0.25) is 11.8 Å². The summed E-state index contributed by atoms with van der Waals surface area (Å²) in [5.74, 6) is -1.03. The van der Waals surface area contributed by atoms with Crippen molar-refractivity contribution >= 4 is 17.5 Å². The topological polar surface area (TPSA) is 58.2 Å². The van der Waals surface area contributed by atoms with Gasteiger partial charge in [-0.15, -0.1) is 0 Å². The Balaban J connectivity index is 1.56. The van der Waals surface area contributed by atoms with Gasteiger partial charge in [0.15, 0.2) is 0 Å². The van der Waals surface area contributed by atoms with Gasteiger partial charge in [-0.1, -0.05) is 51.1 Å². The molecule has 2 atom stereocenters. The number of amides is 2. The number of hydrogen-bond acceptors (Lipinski definition) is 2. The Bertz CT molecular complexity index is 895. The molecule has 1 heterocycles. The van der Waals surface area contributed by atoms with Gasteiger partial charge in [0.05, 0.1) is 0 Å². The van der Waals surface area contributed by atoms with Crippen LogP contribution in [0.5, 0.6) is 0 Å². The molecule has 4 rings (SSSR count). The highest BCUT2D eigenvalue weighted by Crippen LogP contribution is 2.38. The summed E-state index contributed by atoms with van der Waals surface area (Å²) in [7, 11) is 0. The Labute approximate surface area is 154 Å². The molecule has 0 bridgehead atoms. The minimum absolute atomic E-state index is 0.00585. The zero-order valence-electron chi connectivity index (χ0n) is 15.4. The number of fused-ring (bicyclic) bond motifs is 3. The minimum Gasteiger partial charge on any atom is -0.355 e. The fourth-order valence-electron chi connectivity index (χ4n) is 4.17. The lowest BCUT2D eigenvalue weighted by Gasteiger charge is -2.29. The van der Waals surface area contributed by atoms with Crippen LogP contribution in [-0.2, 0) is 16.0 Å². The fraction of sp³-hybridized carbons (Fsp3) is 0.364. The van der Waals surface area contributed by atoms with E-state index in [1.54, 1.807) is 0 Å². The molecule has 4 nitrogen and oxygen atoms in total. The normalized spacial score (nSPS) is 21.1. The zero-order valence-corrected chi connectivity index (χ0v) is 15.4. The summed E-state index contributed by atoms with van der Waals surface area (Å²) in [5.41, 5.74) is 5.67. The number of rotatable bonds is 2. The maximum atomic E-state index is 12.8. The van der Waals surface area contributed by atoms with E-state index in [1.807, 2.05) is 12.1 Å². The Kier molecular flexibility index (Phi) is 3.87. The van der Waals surface area contributed by atoms with Crippen LogP contribution >= 0.6 is 0 Å². The molecule has 0 unspecified atom stereocenters. The lowest BCUT2D eigenvalue weighted by Crippen LogP contribution is -2.37. The molecule has 0 radical (unpaired) electrons. The maximum absolute atomic E-state index is 12.8. The standard InChI is InChI=1S/C22H24N2O2/c1-22(2,3)18-12-23-20(25)19(18)21(26)24-15-8-9-17-14(11-15)10-13-6-4-5-7-16(13)17/h4-9,11,18-19H,10,12H2,1-3H3,(H,23,25)(H,24,26)/t18-,19+/m0/s1. The van der Waals surface area contributed by atoms with E-state index in [4.69, 9.17) is 0 Å². The van der Waals surface area contributed by atoms with Crippen molar-refractivity contribution in [1.29, 1.82) is 0 Å². The van der Waals surface area contributed by atoms with Crippen molar-refractivity contribution in [3.8, 4) is 11.1 Å². The lowest BCUT2D eigenvalue weighted by atomic mass is 9.74. The summed E-state index contributed by atoms with van der Waals surface area (Å²) in [6, 6.07) is 14.4. The van der Waals surface area contributed by atoms with Gasteiger partial charge < -0.3 is 10.6 Å². The minimum atomic E-state index is -0.638. The summed E-state index contributed by atoms with van der Waals surface area (Å²) in [6.07, 6.45) is 0.879. The quantitative estimate of drug-likeness (QED) is 0.695. The van der Waals surface area contributed by atoms with Gasteiger partial charge in [-0.05, 0) is 46.2 Å². The first-order valence-electron chi connectivity index (χ1n) is 9.14. The van der Waals surface area contributed by atoms with Crippen molar-refractivity contribution in [2.75, 3.05) is 11.9 Å². The van der Waals surface area contributed by atoms with Gasteiger partial charge >= 0.3 is 0 Å².